The maximum absolute atomic E-state index is 13.6. The first-order valence-electron chi connectivity index (χ1n) is 6.34. The molecule has 0 spiro atoms. The lowest BCUT2D eigenvalue weighted by molar-refractivity contribution is 0.446. The number of hydrogen-bond acceptors (Lipinski definition) is 4. The van der Waals surface area contributed by atoms with Crippen molar-refractivity contribution in [1.29, 1.82) is 5.26 Å². The van der Waals surface area contributed by atoms with Crippen molar-refractivity contribution in [2.45, 2.75) is 26.7 Å². The first-order chi connectivity index (χ1) is 9.93. The molecule has 4 nitrogen and oxygen atoms in total. The lowest BCUT2D eigenvalue weighted by Gasteiger charge is -2.12. The number of hydrogen-bond donors (Lipinski definition) is 0. The Morgan fingerprint density at radius 2 is 2.05 bits per heavy atom. The van der Waals surface area contributed by atoms with E-state index in [-0.39, 0.29) is 28.3 Å². The van der Waals surface area contributed by atoms with E-state index >= 15 is 0 Å². The number of aromatic nitrogens is 2. The minimum Gasteiger partial charge on any atom is -0.437 e. The van der Waals surface area contributed by atoms with Crippen molar-refractivity contribution in [3.63, 3.8) is 0 Å². The molecule has 0 atom stereocenters. The molecule has 0 N–H and O–H groups in total. The molecule has 0 bridgehead atoms. The Bertz CT molecular complexity index is 726. The minimum atomic E-state index is -0.642. The van der Waals surface area contributed by atoms with E-state index < -0.39 is 5.82 Å². The van der Waals surface area contributed by atoms with Crippen LogP contribution in [-0.4, -0.2) is 9.97 Å². The standard InChI is InChI=1S/C15H13ClFN3O/c1-8(2)14-19-13(16)9(3)15(20-14)21-12-6-4-5-11(17)10(12)7-18/h4-6,8H,1-3H3. The Balaban J connectivity index is 2.50. The van der Waals surface area contributed by atoms with Gasteiger partial charge in [-0.05, 0) is 19.1 Å². The lowest BCUT2D eigenvalue weighted by Crippen LogP contribution is -2.03. The fraction of sp³-hybridized carbons (Fsp3) is 0.267. The van der Waals surface area contributed by atoms with Crippen LogP contribution in [0.2, 0.25) is 5.15 Å². The maximum atomic E-state index is 13.6. The molecule has 0 saturated carbocycles. The third-order valence-electron chi connectivity index (χ3n) is 2.87. The Morgan fingerprint density at radius 1 is 1.33 bits per heavy atom. The third-order valence-corrected chi connectivity index (χ3v) is 3.24. The first-order valence-corrected chi connectivity index (χ1v) is 6.72. The third kappa shape index (κ3) is 3.11. The molecule has 0 saturated heterocycles. The largest absolute Gasteiger partial charge is 0.437 e. The summed E-state index contributed by atoms with van der Waals surface area (Å²) >= 11 is 6.06. The summed E-state index contributed by atoms with van der Waals surface area (Å²) in [5.74, 6) is 0.270. The predicted molar refractivity (Wildman–Crippen MR) is 77.1 cm³/mol. The second kappa shape index (κ2) is 6.06. The Kier molecular flexibility index (Phi) is 4.39. The van der Waals surface area contributed by atoms with Gasteiger partial charge in [0.15, 0.2) is 0 Å². The average Bonchev–Trinajstić information content (AvgIpc) is 2.43. The highest BCUT2D eigenvalue weighted by Crippen LogP contribution is 2.31. The summed E-state index contributed by atoms with van der Waals surface area (Å²) in [6.45, 7) is 5.55. The normalized spacial score (nSPS) is 10.5. The molecule has 2 rings (SSSR count). The summed E-state index contributed by atoms with van der Waals surface area (Å²) in [4.78, 5) is 8.45. The average molecular weight is 306 g/mol. The van der Waals surface area contributed by atoms with Crippen LogP contribution in [0.4, 0.5) is 4.39 Å². The first kappa shape index (κ1) is 15.2. The highest BCUT2D eigenvalue weighted by molar-refractivity contribution is 6.30. The van der Waals surface area contributed by atoms with Crippen LogP contribution in [0.5, 0.6) is 11.6 Å². The van der Waals surface area contributed by atoms with Gasteiger partial charge in [0.05, 0.1) is 0 Å². The van der Waals surface area contributed by atoms with Gasteiger partial charge in [0.2, 0.25) is 5.88 Å². The molecule has 0 aliphatic rings. The molecule has 108 valence electrons. The Labute approximate surface area is 127 Å². The number of benzene rings is 1. The van der Waals surface area contributed by atoms with Gasteiger partial charge in [-0.15, -0.1) is 0 Å². The van der Waals surface area contributed by atoms with Crippen molar-refractivity contribution in [3.8, 4) is 17.7 Å². The van der Waals surface area contributed by atoms with E-state index in [4.69, 9.17) is 21.6 Å². The van der Waals surface area contributed by atoms with Crippen molar-refractivity contribution >= 4 is 11.6 Å². The zero-order valence-corrected chi connectivity index (χ0v) is 12.6. The monoisotopic (exact) mass is 305 g/mol. The molecule has 2 aromatic rings. The highest BCUT2D eigenvalue weighted by atomic mass is 35.5. The molecule has 1 aromatic heterocycles. The molecular weight excluding hydrogens is 293 g/mol. The van der Waals surface area contributed by atoms with Crippen LogP contribution in [0, 0.1) is 24.1 Å². The van der Waals surface area contributed by atoms with Gasteiger partial charge < -0.3 is 4.74 Å². The van der Waals surface area contributed by atoms with E-state index in [1.165, 1.54) is 18.2 Å². The van der Waals surface area contributed by atoms with Crippen LogP contribution in [-0.2, 0) is 0 Å². The summed E-state index contributed by atoms with van der Waals surface area (Å²) in [7, 11) is 0. The van der Waals surface area contributed by atoms with Crippen molar-refractivity contribution in [2.24, 2.45) is 0 Å². The quantitative estimate of drug-likeness (QED) is 0.790. The number of nitriles is 1. The molecule has 6 heteroatoms. The Hall–Kier alpha value is -2.19. The van der Waals surface area contributed by atoms with Crippen LogP contribution in [0.3, 0.4) is 0 Å². The SMILES string of the molecule is Cc1c(Cl)nc(C(C)C)nc1Oc1cccc(F)c1C#N. The molecule has 0 fully saturated rings. The second-order valence-electron chi connectivity index (χ2n) is 4.78. The molecule has 0 aliphatic heterocycles. The van der Waals surface area contributed by atoms with E-state index in [1.807, 2.05) is 13.8 Å². The fourth-order valence-electron chi connectivity index (χ4n) is 1.65. The van der Waals surface area contributed by atoms with Gasteiger partial charge in [-0.25, -0.2) is 9.37 Å². The molecule has 0 unspecified atom stereocenters. The summed E-state index contributed by atoms with van der Waals surface area (Å²) in [5, 5.41) is 9.29. The van der Waals surface area contributed by atoms with Crippen LogP contribution in [0.25, 0.3) is 0 Å². The van der Waals surface area contributed by atoms with Gasteiger partial charge in [-0.1, -0.05) is 31.5 Å². The summed E-state index contributed by atoms with van der Waals surface area (Å²) in [6.07, 6.45) is 0. The molecule has 1 heterocycles. The van der Waals surface area contributed by atoms with E-state index in [0.29, 0.717) is 11.4 Å². The van der Waals surface area contributed by atoms with E-state index in [0.717, 1.165) is 0 Å². The predicted octanol–water partition coefficient (Wildman–Crippen LogP) is 4.36. The minimum absolute atomic E-state index is 0.0633. The second-order valence-corrected chi connectivity index (χ2v) is 5.14. The number of ether oxygens (including phenoxy) is 1. The number of rotatable bonds is 3. The van der Waals surface area contributed by atoms with Gasteiger partial charge >= 0.3 is 0 Å². The topological polar surface area (TPSA) is 58.8 Å². The van der Waals surface area contributed by atoms with Crippen LogP contribution in [0.15, 0.2) is 18.2 Å². The van der Waals surface area contributed by atoms with E-state index in [1.54, 1.807) is 13.0 Å². The summed E-state index contributed by atoms with van der Waals surface area (Å²) in [6, 6.07) is 5.95. The van der Waals surface area contributed by atoms with Crippen molar-refractivity contribution in [3.05, 3.63) is 46.1 Å². The molecule has 21 heavy (non-hydrogen) atoms. The fourth-order valence-corrected chi connectivity index (χ4v) is 1.81. The van der Waals surface area contributed by atoms with Crippen LogP contribution < -0.4 is 4.74 Å². The number of halogens is 2. The summed E-state index contributed by atoms with van der Waals surface area (Å²) in [5.41, 5.74) is 0.368. The molecular formula is C15H13ClFN3O. The van der Waals surface area contributed by atoms with E-state index in [2.05, 4.69) is 9.97 Å². The smallest absolute Gasteiger partial charge is 0.227 e. The maximum Gasteiger partial charge on any atom is 0.227 e. The van der Waals surface area contributed by atoms with Crippen molar-refractivity contribution in [1.82, 2.24) is 9.97 Å². The zero-order chi connectivity index (χ0) is 15.6. The summed E-state index contributed by atoms with van der Waals surface area (Å²) < 4.78 is 19.2. The van der Waals surface area contributed by atoms with Crippen molar-refractivity contribution in [2.75, 3.05) is 0 Å². The molecule has 0 aliphatic carbocycles. The van der Waals surface area contributed by atoms with E-state index in [9.17, 15) is 4.39 Å². The Morgan fingerprint density at radius 3 is 2.67 bits per heavy atom. The highest BCUT2D eigenvalue weighted by Gasteiger charge is 2.16. The van der Waals surface area contributed by atoms with Gasteiger partial charge in [0.25, 0.3) is 0 Å². The zero-order valence-electron chi connectivity index (χ0n) is 11.8. The van der Waals surface area contributed by atoms with Gasteiger partial charge in [0, 0.05) is 11.5 Å². The van der Waals surface area contributed by atoms with Gasteiger partial charge in [0.1, 0.15) is 34.2 Å². The molecule has 0 radical (unpaired) electrons. The lowest BCUT2D eigenvalue weighted by atomic mass is 10.2. The van der Waals surface area contributed by atoms with Crippen LogP contribution in [0.1, 0.15) is 36.7 Å². The molecule has 1 aromatic carbocycles. The number of nitrogens with zero attached hydrogens (tertiary/aromatic N) is 3. The molecule has 0 amide bonds. The van der Waals surface area contributed by atoms with Gasteiger partial charge in [-0.2, -0.15) is 10.2 Å². The van der Waals surface area contributed by atoms with Gasteiger partial charge in [-0.3, -0.25) is 0 Å². The van der Waals surface area contributed by atoms with Crippen LogP contribution >= 0.6 is 11.6 Å². The van der Waals surface area contributed by atoms with Crippen molar-refractivity contribution < 1.29 is 9.13 Å².